The Morgan fingerprint density at radius 2 is 2.10 bits per heavy atom. The van der Waals surface area contributed by atoms with Crippen molar-refractivity contribution in [2.45, 2.75) is 12.1 Å². The van der Waals surface area contributed by atoms with Gasteiger partial charge in [0.1, 0.15) is 0 Å². The maximum absolute atomic E-state index is 11.6. The molecule has 0 unspecified atom stereocenters. The van der Waals surface area contributed by atoms with E-state index in [0.717, 1.165) is 17.3 Å². The molecule has 1 aromatic carbocycles. The van der Waals surface area contributed by atoms with E-state index in [4.69, 9.17) is 4.74 Å². The largest absolute Gasteiger partial charge is 0.465 e. The lowest BCUT2D eigenvalue weighted by atomic mass is 10.1. The van der Waals surface area contributed by atoms with Crippen LogP contribution in [0, 0.1) is 0 Å². The molecule has 1 aromatic heterocycles. The Balaban J connectivity index is 2.17. The zero-order valence-electron chi connectivity index (χ0n) is 11.0. The maximum Gasteiger partial charge on any atom is 0.316 e. The normalized spacial score (nSPS) is 10.2. The molecule has 104 valence electrons. The summed E-state index contributed by atoms with van der Waals surface area (Å²) >= 11 is 1.15. The summed E-state index contributed by atoms with van der Waals surface area (Å²) < 4.78 is 4.83. The molecule has 5 nitrogen and oxygen atoms in total. The Bertz CT molecular complexity index is 640. The van der Waals surface area contributed by atoms with Gasteiger partial charge in [0, 0.05) is 11.6 Å². The maximum atomic E-state index is 11.6. The second-order valence-electron chi connectivity index (χ2n) is 3.90. The van der Waals surface area contributed by atoms with Crippen LogP contribution >= 0.6 is 11.8 Å². The van der Waals surface area contributed by atoms with Crippen molar-refractivity contribution in [3.8, 4) is 11.3 Å². The summed E-state index contributed by atoms with van der Waals surface area (Å²) in [5.74, 6) is -0.208. The molecule has 0 amide bonds. The fraction of sp³-hybridized carbons (Fsp3) is 0.214. The van der Waals surface area contributed by atoms with E-state index in [0.29, 0.717) is 17.5 Å². The second kappa shape index (κ2) is 6.91. The van der Waals surface area contributed by atoms with Crippen molar-refractivity contribution in [1.82, 2.24) is 9.97 Å². The molecule has 0 aliphatic heterocycles. The van der Waals surface area contributed by atoms with Gasteiger partial charge in [-0.3, -0.25) is 9.59 Å². The molecular formula is C14H14N2O3S. The van der Waals surface area contributed by atoms with E-state index in [2.05, 4.69) is 9.97 Å². The Labute approximate surface area is 120 Å². The lowest BCUT2D eigenvalue weighted by Crippen LogP contribution is -2.11. The first-order valence-electron chi connectivity index (χ1n) is 6.14. The summed E-state index contributed by atoms with van der Waals surface area (Å²) in [6, 6.07) is 10.8. The van der Waals surface area contributed by atoms with Crippen LogP contribution in [0.4, 0.5) is 0 Å². The quantitative estimate of drug-likeness (QED) is 0.518. The van der Waals surface area contributed by atoms with Gasteiger partial charge in [-0.15, -0.1) is 0 Å². The number of nitrogens with zero attached hydrogens (tertiary/aromatic N) is 1. The van der Waals surface area contributed by atoms with Crippen LogP contribution in [0.25, 0.3) is 11.3 Å². The minimum atomic E-state index is -0.328. The highest BCUT2D eigenvalue weighted by Gasteiger charge is 2.07. The van der Waals surface area contributed by atoms with Crippen molar-refractivity contribution in [2.75, 3.05) is 12.4 Å². The average Bonchev–Trinajstić information content (AvgIpc) is 2.46. The van der Waals surface area contributed by atoms with Gasteiger partial charge < -0.3 is 9.72 Å². The summed E-state index contributed by atoms with van der Waals surface area (Å²) in [4.78, 5) is 29.9. The third-order valence-electron chi connectivity index (χ3n) is 2.42. The molecule has 0 saturated carbocycles. The van der Waals surface area contributed by atoms with Gasteiger partial charge in [-0.2, -0.15) is 0 Å². The van der Waals surface area contributed by atoms with Crippen LogP contribution in [0.3, 0.4) is 0 Å². The number of benzene rings is 1. The first kappa shape index (κ1) is 14.3. The predicted molar refractivity (Wildman–Crippen MR) is 77.7 cm³/mol. The smallest absolute Gasteiger partial charge is 0.316 e. The van der Waals surface area contributed by atoms with Crippen LogP contribution in [0.2, 0.25) is 0 Å². The number of hydrogen-bond acceptors (Lipinski definition) is 5. The van der Waals surface area contributed by atoms with E-state index in [9.17, 15) is 9.59 Å². The number of aromatic amines is 1. The summed E-state index contributed by atoms with van der Waals surface area (Å²) in [6.07, 6.45) is 0. The van der Waals surface area contributed by atoms with Gasteiger partial charge in [-0.05, 0) is 6.92 Å². The fourth-order valence-electron chi connectivity index (χ4n) is 1.59. The number of ether oxygens (including phenoxy) is 1. The van der Waals surface area contributed by atoms with Crippen molar-refractivity contribution >= 4 is 17.7 Å². The molecule has 0 radical (unpaired) electrons. The number of esters is 1. The molecule has 0 saturated heterocycles. The highest BCUT2D eigenvalue weighted by molar-refractivity contribution is 7.99. The minimum absolute atomic E-state index is 0.120. The van der Waals surface area contributed by atoms with E-state index >= 15 is 0 Å². The first-order chi connectivity index (χ1) is 9.69. The van der Waals surface area contributed by atoms with Gasteiger partial charge in [-0.1, -0.05) is 42.1 Å². The fourth-order valence-corrected chi connectivity index (χ4v) is 2.26. The van der Waals surface area contributed by atoms with Crippen LogP contribution in [0.5, 0.6) is 0 Å². The summed E-state index contributed by atoms with van der Waals surface area (Å²) in [5, 5.41) is 0.407. The monoisotopic (exact) mass is 290 g/mol. The van der Waals surface area contributed by atoms with Gasteiger partial charge >= 0.3 is 5.97 Å². The van der Waals surface area contributed by atoms with Crippen molar-refractivity contribution < 1.29 is 9.53 Å². The van der Waals surface area contributed by atoms with Crippen molar-refractivity contribution in [1.29, 1.82) is 0 Å². The number of carbonyl (C=O) groups excluding carboxylic acids is 1. The number of thioether (sulfide) groups is 1. The van der Waals surface area contributed by atoms with Crippen molar-refractivity contribution in [2.24, 2.45) is 0 Å². The minimum Gasteiger partial charge on any atom is -0.465 e. The molecular weight excluding hydrogens is 276 g/mol. The predicted octanol–water partition coefficient (Wildman–Crippen LogP) is 2.09. The van der Waals surface area contributed by atoms with Gasteiger partial charge in [0.25, 0.3) is 5.56 Å². The number of carbonyl (C=O) groups is 1. The number of rotatable bonds is 5. The third-order valence-corrected chi connectivity index (χ3v) is 3.27. The number of nitrogens with one attached hydrogen (secondary N) is 1. The van der Waals surface area contributed by atoms with Crippen LogP contribution in [0.1, 0.15) is 6.92 Å². The SMILES string of the molecule is CCOC(=O)CSc1nc(-c2ccccc2)cc(=O)[nH]1. The highest BCUT2D eigenvalue weighted by Crippen LogP contribution is 2.18. The van der Waals surface area contributed by atoms with Crippen LogP contribution < -0.4 is 5.56 Å². The van der Waals surface area contributed by atoms with Gasteiger partial charge in [0.2, 0.25) is 0 Å². The van der Waals surface area contributed by atoms with Gasteiger partial charge in [-0.25, -0.2) is 4.98 Å². The zero-order chi connectivity index (χ0) is 14.4. The molecule has 0 atom stereocenters. The number of hydrogen-bond donors (Lipinski definition) is 1. The molecule has 6 heteroatoms. The molecule has 0 aliphatic carbocycles. The van der Waals surface area contributed by atoms with E-state index in [1.165, 1.54) is 6.07 Å². The van der Waals surface area contributed by atoms with Crippen LogP contribution in [-0.2, 0) is 9.53 Å². The van der Waals surface area contributed by atoms with E-state index < -0.39 is 0 Å². The Hall–Kier alpha value is -2.08. The van der Waals surface area contributed by atoms with Crippen molar-refractivity contribution in [3.63, 3.8) is 0 Å². The molecule has 1 heterocycles. The molecule has 2 rings (SSSR count). The standard InChI is InChI=1S/C14H14N2O3S/c1-2-19-13(18)9-20-14-15-11(8-12(17)16-14)10-6-4-3-5-7-10/h3-8H,2,9H2,1H3,(H,15,16,17). The lowest BCUT2D eigenvalue weighted by molar-refractivity contribution is -0.139. The van der Waals surface area contributed by atoms with Crippen LogP contribution in [0.15, 0.2) is 46.3 Å². The molecule has 0 bridgehead atoms. The molecule has 20 heavy (non-hydrogen) atoms. The van der Waals surface area contributed by atoms with Crippen molar-refractivity contribution in [3.05, 3.63) is 46.8 Å². The topological polar surface area (TPSA) is 72.0 Å². The Morgan fingerprint density at radius 1 is 1.35 bits per heavy atom. The molecule has 2 aromatic rings. The lowest BCUT2D eigenvalue weighted by Gasteiger charge is -2.04. The summed E-state index contributed by atoms with van der Waals surface area (Å²) in [5.41, 5.74) is 1.20. The molecule has 0 fully saturated rings. The van der Waals surface area contributed by atoms with E-state index in [1.807, 2.05) is 30.3 Å². The average molecular weight is 290 g/mol. The third kappa shape index (κ3) is 3.96. The Kier molecular flexibility index (Phi) is 4.95. The van der Waals surface area contributed by atoms with E-state index in [1.54, 1.807) is 6.92 Å². The second-order valence-corrected chi connectivity index (χ2v) is 4.86. The van der Waals surface area contributed by atoms with E-state index in [-0.39, 0.29) is 17.3 Å². The number of aromatic nitrogens is 2. The summed E-state index contributed by atoms with van der Waals surface area (Å²) in [6.45, 7) is 2.09. The Morgan fingerprint density at radius 3 is 2.80 bits per heavy atom. The first-order valence-corrected chi connectivity index (χ1v) is 7.13. The van der Waals surface area contributed by atoms with Gasteiger partial charge in [0.15, 0.2) is 5.16 Å². The van der Waals surface area contributed by atoms with Gasteiger partial charge in [0.05, 0.1) is 18.1 Å². The number of H-pyrrole nitrogens is 1. The van der Waals surface area contributed by atoms with Crippen LogP contribution in [-0.4, -0.2) is 28.3 Å². The molecule has 0 spiro atoms. The highest BCUT2D eigenvalue weighted by atomic mass is 32.2. The molecule has 0 aliphatic rings. The summed E-state index contributed by atoms with van der Waals surface area (Å²) in [7, 11) is 0. The molecule has 1 N–H and O–H groups in total. The zero-order valence-corrected chi connectivity index (χ0v) is 11.8.